The van der Waals surface area contributed by atoms with Crippen molar-refractivity contribution in [3.05, 3.63) is 47.7 Å². The van der Waals surface area contributed by atoms with Crippen LogP contribution in [0.1, 0.15) is 25.0 Å². The normalized spacial score (nSPS) is 21.8. The SMILES string of the molecule is CC1=COC(c2ccccc2)C1. The van der Waals surface area contributed by atoms with E-state index in [1.165, 1.54) is 11.1 Å². The molecule has 2 rings (SSSR count). The van der Waals surface area contributed by atoms with Crippen molar-refractivity contribution < 1.29 is 4.74 Å². The van der Waals surface area contributed by atoms with Gasteiger partial charge in [0.05, 0.1) is 6.26 Å². The maximum Gasteiger partial charge on any atom is 0.127 e. The van der Waals surface area contributed by atoms with Crippen molar-refractivity contribution in [3.8, 4) is 0 Å². The van der Waals surface area contributed by atoms with Crippen molar-refractivity contribution in [3.63, 3.8) is 0 Å². The number of ether oxygens (including phenoxy) is 1. The molecule has 1 heterocycles. The Kier molecular flexibility index (Phi) is 1.86. The number of rotatable bonds is 1. The summed E-state index contributed by atoms with van der Waals surface area (Å²) in [5, 5.41) is 0. The van der Waals surface area contributed by atoms with Gasteiger partial charge in [-0.05, 0) is 18.1 Å². The zero-order valence-electron chi connectivity index (χ0n) is 7.16. The van der Waals surface area contributed by atoms with Gasteiger partial charge in [0, 0.05) is 6.42 Å². The highest BCUT2D eigenvalue weighted by molar-refractivity contribution is 5.21. The summed E-state index contributed by atoms with van der Waals surface area (Å²) in [5.41, 5.74) is 2.59. The monoisotopic (exact) mass is 160 g/mol. The second kappa shape index (κ2) is 3.02. The molecule has 1 aromatic carbocycles. The predicted octanol–water partition coefficient (Wildman–Crippen LogP) is 3.05. The predicted molar refractivity (Wildman–Crippen MR) is 48.6 cm³/mol. The molecule has 0 aromatic heterocycles. The lowest BCUT2D eigenvalue weighted by molar-refractivity contribution is 0.173. The lowest BCUT2D eigenvalue weighted by atomic mass is 10.1. The van der Waals surface area contributed by atoms with Crippen molar-refractivity contribution in [1.82, 2.24) is 0 Å². The maximum atomic E-state index is 5.49. The van der Waals surface area contributed by atoms with Crippen LogP contribution in [0.15, 0.2) is 42.2 Å². The van der Waals surface area contributed by atoms with E-state index >= 15 is 0 Å². The topological polar surface area (TPSA) is 9.23 Å². The third-order valence-corrected chi connectivity index (χ3v) is 2.11. The van der Waals surface area contributed by atoms with E-state index in [9.17, 15) is 0 Å². The first-order chi connectivity index (χ1) is 5.86. The van der Waals surface area contributed by atoms with Gasteiger partial charge < -0.3 is 4.74 Å². The van der Waals surface area contributed by atoms with Crippen LogP contribution in [0.5, 0.6) is 0 Å². The molecule has 12 heavy (non-hydrogen) atoms. The summed E-state index contributed by atoms with van der Waals surface area (Å²) in [6, 6.07) is 10.3. The zero-order chi connectivity index (χ0) is 8.39. The fraction of sp³-hybridized carbons (Fsp3) is 0.273. The molecule has 1 aromatic rings. The van der Waals surface area contributed by atoms with Crippen LogP contribution in [0.2, 0.25) is 0 Å². The maximum absolute atomic E-state index is 5.49. The van der Waals surface area contributed by atoms with Crippen LogP contribution in [0.25, 0.3) is 0 Å². The van der Waals surface area contributed by atoms with E-state index < -0.39 is 0 Å². The van der Waals surface area contributed by atoms with E-state index in [-0.39, 0.29) is 6.10 Å². The molecule has 0 amide bonds. The highest BCUT2D eigenvalue weighted by atomic mass is 16.5. The second-order valence-corrected chi connectivity index (χ2v) is 3.20. The molecular weight excluding hydrogens is 148 g/mol. The molecule has 0 saturated heterocycles. The van der Waals surface area contributed by atoms with Crippen LogP contribution in [0, 0.1) is 0 Å². The molecule has 0 bridgehead atoms. The van der Waals surface area contributed by atoms with Crippen LogP contribution >= 0.6 is 0 Å². The van der Waals surface area contributed by atoms with Crippen LogP contribution in [0.3, 0.4) is 0 Å². The van der Waals surface area contributed by atoms with E-state index in [0.717, 1.165) is 6.42 Å². The molecule has 1 aliphatic rings. The Hall–Kier alpha value is -1.24. The van der Waals surface area contributed by atoms with Gasteiger partial charge in [0.2, 0.25) is 0 Å². The Morgan fingerprint density at radius 3 is 2.58 bits per heavy atom. The smallest absolute Gasteiger partial charge is 0.127 e. The summed E-state index contributed by atoms with van der Waals surface area (Å²) in [4.78, 5) is 0. The summed E-state index contributed by atoms with van der Waals surface area (Å²) < 4.78 is 5.49. The average molecular weight is 160 g/mol. The van der Waals surface area contributed by atoms with Gasteiger partial charge in [0.15, 0.2) is 0 Å². The summed E-state index contributed by atoms with van der Waals surface area (Å²) in [7, 11) is 0. The summed E-state index contributed by atoms with van der Waals surface area (Å²) in [6.07, 6.45) is 3.15. The van der Waals surface area contributed by atoms with E-state index in [1.54, 1.807) is 0 Å². The molecule has 1 aliphatic heterocycles. The Bertz CT molecular complexity index is 287. The fourth-order valence-corrected chi connectivity index (χ4v) is 1.45. The van der Waals surface area contributed by atoms with Crippen molar-refractivity contribution in [2.24, 2.45) is 0 Å². The van der Waals surface area contributed by atoms with Crippen LogP contribution in [-0.2, 0) is 4.74 Å². The first-order valence-electron chi connectivity index (χ1n) is 4.22. The van der Waals surface area contributed by atoms with E-state index in [1.807, 2.05) is 24.5 Å². The minimum absolute atomic E-state index is 0.256. The van der Waals surface area contributed by atoms with Crippen molar-refractivity contribution in [1.29, 1.82) is 0 Å². The van der Waals surface area contributed by atoms with Crippen LogP contribution in [-0.4, -0.2) is 0 Å². The summed E-state index contributed by atoms with van der Waals surface area (Å²) >= 11 is 0. The Morgan fingerprint density at radius 1 is 1.25 bits per heavy atom. The van der Waals surface area contributed by atoms with E-state index in [2.05, 4.69) is 19.1 Å². The van der Waals surface area contributed by atoms with Gasteiger partial charge in [-0.15, -0.1) is 0 Å². The van der Waals surface area contributed by atoms with Gasteiger partial charge in [-0.3, -0.25) is 0 Å². The van der Waals surface area contributed by atoms with Gasteiger partial charge in [-0.1, -0.05) is 30.3 Å². The van der Waals surface area contributed by atoms with Gasteiger partial charge >= 0.3 is 0 Å². The van der Waals surface area contributed by atoms with Crippen molar-refractivity contribution >= 4 is 0 Å². The van der Waals surface area contributed by atoms with Crippen LogP contribution in [0.4, 0.5) is 0 Å². The first-order valence-corrected chi connectivity index (χ1v) is 4.22. The minimum atomic E-state index is 0.256. The highest BCUT2D eigenvalue weighted by Gasteiger charge is 2.16. The van der Waals surface area contributed by atoms with Gasteiger partial charge in [-0.25, -0.2) is 0 Å². The minimum Gasteiger partial charge on any atom is -0.493 e. The molecule has 1 nitrogen and oxygen atoms in total. The third kappa shape index (κ3) is 1.35. The van der Waals surface area contributed by atoms with Gasteiger partial charge in [0.25, 0.3) is 0 Å². The highest BCUT2D eigenvalue weighted by Crippen LogP contribution is 2.30. The standard InChI is InChI=1S/C11H12O/c1-9-7-11(12-8-9)10-5-3-2-4-6-10/h2-6,8,11H,7H2,1H3. The number of hydrogen-bond donors (Lipinski definition) is 0. The van der Waals surface area contributed by atoms with Gasteiger partial charge in [-0.2, -0.15) is 0 Å². The first kappa shape index (κ1) is 7.41. The molecule has 0 N–H and O–H groups in total. The number of benzene rings is 1. The van der Waals surface area contributed by atoms with Gasteiger partial charge in [0.1, 0.15) is 6.10 Å². The molecule has 1 unspecified atom stereocenters. The molecule has 0 spiro atoms. The second-order valence-electron chi connectivity index (χ2n) is 3.20. The Balaban J connectivity index is 2.14. The van der Waals surface area contributed by atoms with Crippen molar-refractivity contribution in [2.75, 3.05) is 0 Å². The lowest BCUT2D eigenvalue weighted by Crippen LogP contribution is -1.94. The Morgan fingerprint density at radius 2 is 2.00 bits per heavy atom. The summed E-state index contributed by atoms with van der Waals surface area (Å²) in [5.74, 6) is 0. The molecule has 1 atom stereocenters. The Labute approximate surface area is 72.7 Å². The van der Waals surface area contributed by atoms with Crippen LogP contribution < -0.4 is 0 Å². The molecule has 0 fully saturated rings. The number of hydrogen-bond acceptors (Lipinski definition) is 1. The molecule has 1 heteroatoms. The molecular formula is C11H12O. The third-order valence-electron chi connectivity index (χ3n) is 2.11. The molecule has 0 radical (unpaired) electrons. The molecule has 62 valence electrons. The van der Waals surface area contributed by atoms with E-state index in [0.29, 0.717) is 0 Å². The summed E-state index contributed by atoms with van der Waals surface area (Å²) in [6.45, 7) is 2.10. The zero-order valence-corrected chi connectivity index (χ0v) is 7.16. The largest absolute Gasteiger partial charge is 0.493 e. The average Bonchev–Trinajstić information content (AvgIpc) is 2.54. The quantitative estimate of drug-likeness (QED) is 0.613. The molecule has 0 saturated carbocycles. The van der Waals surface area contributed by atoms with Crippen molar-refractivity contribution in [2.45, 2.75) is 19.4 Å². The molecule has 0 aliphatic carbocycles. The fourth-order valence-electron chi connectivity index (χ4n) is 1.45. The lowest BCUT2D eigenvalue weighted by Gasteiger charge is -2.09. The van der Waals surface area contributed by atoms with E-state index in [4.69, 9.17) is 4.74 Å².